The van der Waals surface area contributed by atoms with Gasteiger partial charge in [0, 0.05) is 12.5 Å². The highest BCUT2D eigenvalue weighted by molar-refractivity contribution is 6.42. The molecule has 0 aliphatic carbocycles. The number of benzene rings is 1. The van der Waals surface area contributed by atoms with E-state index in [4.69, 9.17) is 27.9 Å². The fourth-order valence-corrected chi connectivity index (χ4v) is 2.66. The summed E-state index contributed by atoms with van der Waals surface area (Å²) >= 11 is 11.9. The molecule has 0 saturated carbocycles. The van der Waals surface area contributed by atoms with Crippen molar-refractivity contribution >= 4 is 41.6 Å². The molecule has 0 radical (unpaired) electrons. The maximum atomic E-state index is 11.5. The molecule has 4 nitrogen and oxygen atoms in total. The Morgan fingerprint density at radius 2 is 2.14 bits per heavy atom. The molecule has 1 aromatic rings. The van der Waals surface area contributed by atoms with Crippen LogP contribution in [0.15, 0.2) is 18.2 Å². The van der Waals surface area contributed by atoms with Gasteiger partial charge in [-0.1, -0.05) is 36.2 Å². The zero-order valence-electron chi connectivity index (χ0n) is 11.5. The Bertz CT molecular complexity index is 498. The van der Waals surface area contributed by atoms with E-state index in [2.05, 4.69) is 5.32 Å². The minimum atomic E-state index is -0.888. The number of aliphatic carboxylic acids is 1. The van der Waals surface area contributed by atoms with Crippen LogP contribution in [0.3, 0.4) is 0 Å². The van der Waals surface area contributed by atoms with Gasteiger partial charge >= 0.3 is 5.97 Å². The summed E-state index contributed by atoms with van der Waals surface area (Å²) in [6, 6.07) is 4.50. The van der Waals surface area contributed by atoms with Crippen molar-refractivity contribution in [1.82, 2.24) is 5.32 Å². The summed E-state index contributed by atoms with van der Waals surface area (Å²) in [5.41, 5.74) is 0.816. The van der Waals surface area contributed by atoms with Crippen LogP contribution in [0.5, 0.6) is 0 Å². The third-order valence-corrected chi connectivity index (χ3v) is 4.31. The number of hydrogen-bond donors (Lipinski definition) is 2. The lowest BCUT2D eigenvalue weighted by atomic mass is 9.92. The van der Waals surface area contributed by atoms with Crippen LogP contribution in [0.4, 0.5) is 0 Å². The highest BCUT2D eigenvalue weighted by Crippen LogP contribution is 2.30. The molecule has 1 fully saturated rings. The summed E-state index contributed by atoms with van der Waals surface area (Å²) in [6.07, 6.45) is 0.873. The highest BCUT2D eigenvalue weighted by atomic mass is 35.5. The first kappa shape index (κ1) is 18.5. The van der Waals surface area contributed by atoms with Crippen molar-refractivity contribution in [1.29, 1.82) is 0 Å². The number of nitrogens with one attached hydrogen (secondary N) is 1. The fraction of sp³-hybridized carbons (Fsp3) is 0.500. The van der Waals surface area contributed by atoms with Gasteiger partial charge in [0.1, 0.15) is 6.04 Å². The van der Waals surface area contributed by atoms with E-state index in [-0.39, 0.29) is 24.4 Å². The van der Waals surface area contributed by atoms with Crippen molar-refractivity contribution in [3.05, 3.63) is 33.8 Å². The second kappa shape index (κ2) is 8.20. The molecular weight excluding hydrogens is 337 g/mol. The van der Waals surface area contributed by atoms with Crippen molar-refractivity contribution in [2.45, 2.75) is 31.4 Å². The number of carbonyl (C=O) groups is 1. The summed E-state index contributed by atoms with van der Waals surface area (Å²) in [7, 11) is 0. The predicted octanol–water partition coefficient (Wildman–Crippen LogP) is 3.35. The summed E-state index contributed by atoms with van der Waals surface area (Å²) < 4.78 is 5.77. The molecule has 1 aliphatic heterocycles. The molecule has 2 rings (SSSR count). The van der Waals surface area contributed by atoms with Gasteiger partial charge in [-0.25, -0.2) is 0 Å². The quantitative estimate of drug-likeness (QED) is 0.874. The minimum Gasteiger partial charge on any atom is -0.480 e. The van der Waals surface area contributed by atoms with Crippen LogP contribution in [-0.2, 0) is 9.53 Å². The smallest absolute Gasteiger partial charge is 0.321 e. The second-order valence-corrected chi connectivity index (χ2v) is 5.68. The maximum Gasteiger partial charge on any atom is 0.321 e. The molecular formula is C14H18Cl3NO3. The minimum absolute atomic E-state index is 0. The predicted molar refractivity (Wildman–Crippen MR) is 85.9 cm³/mol. The Balaban J connectivity index is 0.00000220. The molecule has 1 heterocycles. The van der Waals surface area contributed by atoms with E-state index in [9.17, 15) is 9.90 Å². The van der Waals surface area contributed by atoms with E-state index in [1.165, 1.54) is 0 Å². The van der Waals surface area contributed by atoms with Gasteiger partial charge < -0.3 is 15.2 Å². The van der Waals surface area contributed by atoms with Crippen LogP contribution in [0.2, 0.25) is 10.0 Å². The average molecular weight is 355 g/mol. The molecule has 118 valence electrons. The zero-order valence-corrected chi connectivity index (χ0v) is 13.8. The van der Waals surface area contributed by atoms with Gasteiger partial charge in [0.15, 0.2) is 0 Å². The number of ether oxygens (including phenoxy) is 1. The number of carboxylic acids is 1. The topological polar surface area (TPSA) is 58.6 Å². The van der Waals surface area contributed by atoms with Gasteiger partial charge in [0.05, 0.1) is 22.8 Å². The van der Waals surface area contributed by atoms with Crippen molar-refractivity contribution in [2.75, 3.05) is 13.2 Å². The molecule has 0 bridgehead atoms. The first-order chi connectivity index (χ1) is 9.52. The zero-order chi connectivity index (χ0) is 14.7. The monoisotopic (exact) mass is 353 g/mol. The van der Waals surface area contributed by atoms with Gasteiger partial charge in [-0.15, -0.1) is 12.4 Å². The van der Waals surface area contributed by atoms with Crippen LogP contribution in [0, 0.1) is 0 Å². The number of halogens is 3. The molecule has 0 spiro atoms. The summed E-state index contributed by atoms with van der Waals surface area (Å²) in [6.45, 7) is 2.90. The molecule has 7 heteroatoms. The Labute approximate surface area is 140 Å². The Kier molecular flexibility index (Phi) is 7.24. The van der Waals surface area contributed by atoms with Gasteiger partial charge in [-0.3, -0.25) is 4.79 Å². The molecule has 1 saturated heterocycles. The first-order valence-corrected chi connectivity index (χ1v) is 7.31. The van der Waals surface area contributed by atoms with Crippen molar-refractivity contribution in [3.8, 4) is 0 Å². The van der Waals surface area contributed by atoms with Crippen LogP contribution >= 0.6 is 35.6 Å². The molecule has 1 aliphatic rings. The van der Waals surface area contributed by atoms with Gasteiger partial charge in [0.2, 0.25) is 0 Å². The normalized spacial score (nSPS) is 25.8. The summed E-state index contributed by atoms with van der Waals surface area (Å²) in [5, 5.41) is 13.3. The maximum absolute atomic E-state index is 11.5. The SMILES string of the molecule is CCC1CNC(C(=O)O)C(c2ccc(Cl)c(Cl)c2)CO1.Cl. The Hall–Kier alpha value is -0.520. The van der Waals surface area contributed by atoms with E-state index in [1.807, 2.05) is 6.92 Å². The first-order valence-electron chi connectivity index (χ1n) is 6.55. The molecule has 1 aromatic carbocycles. The van der Waals surface area contributed by atoms with E-state index in [1.54, 1.807) is 18.2 Å². The number of carboxylic acid groups (broad SMARTS) is 1. The molecule has 3 atom stereocenters. The van der Waals surface area contributed by atoms with Crippen molar-refractivity contribution in [3.63, 3.8) is 0 Å². The Morgan fingerprint density at radius 3 is 2.71 bits per heavy atom. The Morgan fingerprint density at radius 1 is 1.43 bits per heavy atom. The van der Waals surface area contributed by atoms with Crippen molar-refractivity contribution < 1.29 is 14.6 Å². The van der Waals surface area contributed by atoms with Gasteiger partial charge in [-0.2, -0.15) is 0 Å². The molecule has 0 aromatic heterocycles. The van der Waals surface area contributed by atoms with Gasteiger partial charge in [0.25, 0.3) is 0 Å². The lowest BCUT2D eigenvalue weighted by molar-refractivity contribution is -0.140. The molecule has 2 N–H and O–H groups in total. The number of hydrogen-bond acceptors (Lipinski definition) is 3. The van der Waals surface area contributed by atoms with E-state index < -0.39 is 12.0 Å². The lowest BCUT2D eigenvalue weighted by Crippen LogP contribution is -2.42. The summed E-state index contributed by atoms with van der Waals surface area (Å²) in [5.74, 6) is -1.18. The largest absolute Gasteiger partial charge is 0.480 e. The molecule has 0 amide bonds. The average Bonchev–Trinajstić information content (AvgIpc) is 2.64. The standard InChI is InChI=1S/C14H17Cl2NO3.ClH/c1-2-9-6-17-13(14(18)19)10(7-20-9)8-3-4-11(15)12(16)5-8;/h3-5,9-10,13,17H,2,6-7H2,1H3,(H,18,19);1H. The third kappa shape index (κ3) is 4.47. The fourth-order valence-electron chi connectivity index (χ4n) is 2.35. The van der Waals surface area contributed by atoms with Crippen molar-refractivity contribution in [2.24, 2.45) is 0 Å². The lowest BCUT2D eigenvalue weighted by Gasteiger charge is -2.22. The van der Waals surface area contributed by atoms with Crippen LogP contribution in [-0.4, -0.2) is 36.4 Å². The second-order valence-electron chi connectivity index (χ2n) is 4.87. The van der Waals surface area contributed by atoms with E-state index in [0.717, 1.165) is 12.0 Å². The van der Waals surface area contributed by atoms with E-state index >= 15 is 0 Å². The van der Waals surface area contributed by atoms with Crippen LogP contribution < -0.4 is 5.32 Å². The molecule has 3 unspecified atom stereocenters. The third-order valence-electron chi connectivity index (χ3n) is 3.57. The van der Waals surface area contributed by atoms with Crippen LogP contribution in [0.1, 0.15) is 24.8 Å². The van der Waals surface area contributed by atoms with Gasteiger partial charge in [-0.05, 0) is 24.1 Å². The van der Waals surface area contributed by atoms with E-state index in [0.29, 0.717) is 23.2 Å². The van der Waals surface area contributed by atoms with Crippen LogP contribution in [0.25, 0.3) is 0 Å². The summed E-state index contributed by atoms with van der Waals surface area (Å²) in [4.78, 5) is 11.5. The number of rotatable bonds is 3. The molecule has 21 heavy (non-hydrogen) atoms. The highest BCUT2D eigenvalue weighted by Gasteiger charge is 2.33.